The van der Waals surface area contributed by atoms with Crippen LogP contribution in [0.2, 0.25) is 0 Å². The number of rotatable bonds is 6. The van der Waals surface area contributed by atoms with Crippen LogP contribution in [0, 0.1) is 0 Å². The zero-order valence-electron chi connectivity index (χ0n) is 13.1. The number of fused-ring (bicyclic) bond motifs is 1. The molecule has 1 fully saturated rings. The van der Waals surface area contributed by atoms with Crippen LogP contribution in [0.5, 0.6) is 11.5 Å². The summed E-state index contributed by atoms with van der Waals surface area (Å²) >= 11 is 0. The van der Waals surface area contributed by atoms with Gasteiger partial charge in [-0.05, 0) is 25.0 Å². The maximum atomic E-state index is 12.4. The molecular weight excluding hydrogens is 330 g/mol. The van der Waals surface area contributed by atoms with Gasteiger partial charge in [0.25, 0.3) is 0 Å². The minimum Gasteiger partial charge on any atom is -0.486 e. The van der Waals surface area contributed by atoms with Crippen molar-refractivity contribution in [3.05, 3.63) is 36.4 Å². The Hall–Kier alpha value is -2.06. The summed E-state index contributed by atoms with van der Waals surface area (Å²) in [4.78, 5) is 4.54. The maximum Gasteiger partial charge on any atom is 0.240 e. The van der Waals surface area contributed by atoms with E-state index >= 15 is 0 Å². The zero-order valence-corrected chi connectivity index (χ0v) is 14.0. The van der Waals surface area contributed by atoms with Crippen molar-refractivity contribution in [1.82, 2.24) is 14.3 Å². The van der Waals surface area contributed by atoms with E-state index in [0.717, 1.165) is 5.82 Å². The van der Waals surface area contributed by atoms with Gasteiger partial charge in [-0.1, -0.05) is 0 Å². The molecular formula is C16H19N3O4S. The number of ether oxygens (including phenoxy) is 2. The predicted octanol–water partition coefficient (Wildman–Crippen LogP) is 1.51. The largest absolute Gasteiger partial charge is 0.486 e. The van der Waals surface area contributed by atoms with Crippen LogP contribution in [-0.2, 0) is 16.6 Å². The third-order valence-corrected chi connectivity index (χ3v) is 5.62. The third kappa shape index (κ3) is 3.11. The minimum atomic E-state index is -3.58. The van der Waals surface area contributed by atoms with Crippen molar-refractivity contribution in [3.8, 4) is 11.5 Å². The number of nitrogens with one attached hydrogen (secondary N) is 1. The van der Waals surface area contributed by atoms with E-state index in [-0.39, 0.29) is 4.90 Å². The molecule has 2 aliphatic rings. The molecule has 1 N–H and O–H groups in total. The Bertz CT molecular complexity index is 843. The molecule has 0 unspecified atom stereocenters. The highest BCUT2D eigenvalue weighted by atomic mass is 32.2. The second-order valence-corrected chi connectivity index (χ2v) is 7.72. The molecule has 2 aromatic rings. The molecule has 0 bridgehead atoms. The molecule has 8 heteroatoms. The standard InChI is InChI=1S/C16H19N3O4S/c20-24(21,13-3-4-14-15(11-13)23-10-9-22-14)18-6-8-19-7-5-17-16(19)12-1-2-12/h3-5,7,11-12,18H,1-2,6,8-10H2. The summed E-state index contributed by atoms with van der Waals surface area (Å²) in [5.74, 6) is 2.63. The van der Waals surface area contributed by atoms with Gasteiger partial charge in [0, 0.05) is 37.5 Å². The summed E-state index contributed by atoms with van der Waals surface area (Å²) in [5.41, 5.74) is 0. The molecule has 0 atom stereocenters. The van der Waals surface area contributed by atoms with E-state index in [4.69, 9.17) is 9.47 Å². The van der Waals surface area contributed by atoms with Gasteiger partial charge in [0.2, 0.25) is 10.0 Å². The summed E-state index contributed by atoms with van der Waals surface area (Å²) in [6.45, 7) is 1.78. The topological polar surface area (TPSA) is 82.5 Å². The summed E-state index contributed by atoms with van der Waals surface area (Å²) in [6.07, 6.45) is 5.99. The van der Waals surface area contributed by atoms with Crippen molar-refractivity contribution in [3.63, 3.8) is 0 Å². The van der Waals surface area contributed by atoms with E-state index in [1.807, 2.05) is 10.8 Å². The Morgan fingerprint density at radius 1 is 1.21 bits per heavy atom. The van der Waals surface area contributed by atoms with Gasteiger partial charge in [0.05, 0.1) is 4.90 Å². The number of aromatic nitrogens is 2. The SMILES string of the molecule is O=S(=O)(NCCn1ccnc1C1CC1)c1ccc2c(c1)OCCO2. The van der Waals surface area contributed by atoms with Gasteiger partial charge in [-0.2, -0.15) is 0 Å². The minimum absolute atomic E-state index is 0.180. The predicted molar refractivity (Wildman–Crippen MR) is 86.8 cm³/mol. The van der Waals surface area contributed by atoms with Crippen LogP contribution in [0.3, 0.4) is 0 Å². The Kier molecular flexibility index (Phi) is 3.93. The van der Waals surface area contributed by atoms with E-state index in [0.29, 0.717) is 43.7 Å². The lowest BCUT2D eigenvalue weighted by Gasteiger charge is -2.19. The van der Waals surface area contributed by atoms with E-state index in [1.54, 1.807) is 12.3 Å². The number of hydrogen-bond acceptors (Lipinski definition) is 5. The third-order valence-electron chi connectivity index (χ3n) is 4.16. The van der Waals surface area contributed by atoms with Crippen molar-refractivity contribution in [2.24, 2.45) is 0 Å². The van der Waals surface area contributed by atoms with Crippen LogP contribution in [0.15, 0.2) is 35.5 Å². The fourth-order valence-corrected chi connectivity index (χ4v) is 3.82. The zero-order chi connectivity index (χ0) is 16.6. The molecule has 1 aliphatic heterocycles. The van der Waals surface area contributed by atoms with E-state index in [1.165, 1.54) is 25.0 Å². The normalized spacial score (nSPS) is 17.0. The fraction of sp³-hybridized carbons (Fsp3) is 0.438. The Morgan fingerprint density at radius 2 is 2.00 bits per heavy atom. The molecule has 24 heavy (non-hydrogen) atoms. The van der Waals surface area contributed by atoms with Crippen LogP contribution < -0.4 is 14.2 Å². The van der Waals surface area contributed by atoms with Crippen molar-refractivity contribution in [1.29, 1.82) is 0 Å². The first kappa shape index (κ1) is 15.5. The summed E-state index contributed by atoms with van der Waals surface area (Å²) in [7, 11) is -3.58. The van der Waals surface area contributed by atoms with Crippen molar-refractivity contribution >= 4 is 10.0 Å². The van der Waals surface area contributed by atoms with Crippen LogP contribution in [0.4, 0.5) is 0 Å². The number of hydrogen-bond donors (Lipinski definition) is 1. The molecule has 1 aliphatic carbocycles. The highest BCUT2D eigenvalue weighted by Crippen LogP contribution is 2.38. The average molecular weight is 349 g/mol. The van der Waals surface area contributed by atoms with E-state index in [2.05, 4.69) is 9.71 Å². The first-order valence-electron chi connectivity index (χ1n) is 8.04. The van der Waals surface area contributed by atoms with Gasteiger partial charge < -0.3 is 14.0 Å². The Balaban J connectivity index is 1.42. The second-order valence-electron chi connectivity index (χ2n) is 5.96. The molecule has 0 spiro atoms. The van der Waals surface area contributed by atoms with Crippen LogP contribution in [0.1, 0.15) is 24.6 Å². The fourth-order valence-electron chi connectivity index (χ4n) is 2.79. The molecule has 1 aromatic carbocycles. The molecule has 7 nitrogen and oxygen atoms in total. The lowest BCUT2D eigenvalue weighted by Crippen LogP contribution is -2.28. The van der Waals surface area contributed by atoms with E-state index < -0.39 is 10.0 Å². The maximum absolute atomic E-state index is 12.4. The number of sulfonamides is 1. The number of imidazole rings is 1. The van der Waals surface area contributed by atoms with Gasteiger partial charge in [-0.3, -0.25) is 0 Å². The summed E-state index contributed by atoms with van der Waals surface area (Å²) in [5, 5.41) is 0. The molecule has 1 aromatic heterocycles. The van der Waals surface area contributed by atoms with Gasteiger partial charge in [-0.15, -0.1) is 0 Å². The highest BCUT2D eigenvalue weighted by molar-refractivity contribution is 7.89. The Labute approximate surface area is 140 Å². The molecule has 128 valence electrons. The molecule has 0 saturated heterocycles. The first-order chi connectivity index (χ1) is 11.6. The molecule has 2 heterocycles. The lowest BCUT2D eigenvalue weighted by molar-refractivity contribution is 0.171. The van der Waals surface area contributed by atoms with Crippen LogP contribution in [-0.4, -0.2) is 37.7 Å². The molecule has 4 rings (SSSR count). The molecule has 0 amide bonds. The van der Waals surface area contributed by atoms with E-state index in [9.17, 15) is 8.42 Å². The van der Waals surface area contributed by atoms with Gasteiger partial charge in [0.15, 0.2) is 11.5 Å². The average Bonchev–Trinajstić information content (AvgIpc) is 3.33. The van der Waals surface area contributed by atoms with Crippen molar-refractivity contribution in [2.75, 3.05) is 19.8 Å². The van der Waals surface area contributed by atoms with Crippen molar-refractivity contribution < 1.29 is 17.9 Å². The summed E-state index contributed by atoms with van der Waals surface area (Å²) in [6, 6.07) is 4.66. The van der Waals surface area contributed by atoms with Crippen LogP contribution >= 0.6 is 0 Å². The van der Waals surface area contributed by atoms with Gasteiger partial charge in [0.1, 0.15) is 19.0 Å². The number of benzene rings is 1. The Morgan fingerprint density at radius 3 is 2.79 bits per heavy atom. The molecule has 1 saturated carbocycles. The number of nitrogens with zero attached hydrogens (tertiary/aromatic N) is 2. The second kappa shape index (κ2) is 6.10. The highest BCUT2D eigenvalue weighted by Gasteiger charge is 2.27. The van der Waals surface area contributed by atoms with Crippen molar-refractivity contribution in [2.45, 2.75) is 30.2 Å². The quantitative estimate of drug-likeness (QED) is 0.855. The summed E-state index contributed by atoms with van der Waals surface area (Å²) < 4.78 is 40.4. The monoisotopic (exact) mass is 349 g/mol. The van der Waals surface area contributed by atoms with Crippen LogP contribution in [0.25, 0.3) is 0 Å². The van der Waals surface area contributed by atoms with Gasteiger partial charge in [-0.25, -0.2) is 18.1 Å². The molecule has 0 radical (unpaired) electrons. The first-order valence-corrected chi connectivity index (χ1v) is 9.52. The van der Waals surface area contributed by atoms with Gasteiger partial charge >= 0.3 is 0 Å². The smallest absolute Gasteiger partial charge is 0.240 e. The lowest BCUT2D eigenvalue weighted by atomic mass is 10.3.